The number of nitrogens with one attached hydrogen (secondary N) is 1. The zero-order valence-corrected chi connectivity index (χ0v) is 10.4. The summed E-state index contributed by atoms with van der Waals surface area (Å²) in [7, 11) is 0. The Balaban J connectivity index is 2.52. The predicted molar refractivity (Wildman–Crippen MR) is 72.5 cm³/mol. The van der Waals surface area contributed by atoms with Crippen LogP contribution in [0.2, 0.25) is 0 Å². The van der Waals surface area contributed by atoms with E-state index in [0.29, 0.717) is 11.3 Å². The molecule has 1 aromatic carbocycles. The summed E-state index contributed by atoms with van der Waals surface area (Å²) >= 11 is 1.65. The third-order valence-corrected chi connectivity index (χ3v) is 3.03. The molecule has 0 aliphatic rings. The molecule has 1 aromatic rings. The Kier molecular flexibility index (Phi) is 5.37. The predicted octanol–water partition coefficient (Wildman–Crippen LogP) is 2.68. The standard InChI is InChI=1S/C12H14N2O2S/c1-3-7-17-8-6-13-11-5-4-10(2)12(9-11)14(15)16/h1,4-5,9,13H,6-8H2,2H3. The highest BCUT2D eigenvalue weighted by Gasteiger charge is 2.10. The molecule has 0 atom stereocenters. The van der Waals surface area contributed by atoms with E-state index in [1.807, 2.05) is 6.07 Å². The van der Waals surface area contributed by atoms with Crippen LogP contribution in [0.1, 0.15) is 5.56 Å². The van der Waals surface area contributed by atoms with Gasteiger partial charge in [-0.1, -0.05) is 12.0 Å². The van der Waals surface area contributed by atoms with Gasteiger partial charge in [0, 0.05) is 29.6 Å². The van der Waals surface area contributed by atoms with E-state index < -0.39 is 0 Å². The maximum Gasteiger partial charge on any atom is 0.274 e. The maximum atomic E-state index is 10.7. The molecule has 0 aliphatic carbocycles. The monoisotopic (exact) mass is 250 g/mol. The van der Waals surface area contributed by atoms with Crippen molar-refractivity contribution in [1.82, 2.24) is 0 Å². The van der Waals surface area contributed by atoms with Crippen molar-refractivity contribution < 1.29 is 4.92 Å². The molecule has 0 amide bonds. The Hall–Kier alpha value is -1.67. The Morgan fingerprint density at radius 1 is 1.59 bits per heavy atom. The number of nitro groups is 1. The molecule has 1 rings (SSSR count). The molecule has 17 heavy (non-hydrogen) atoms. The molecule has 0 radical (unpaired) electrons. The van der Waals surface area contributed by atoms with Crippen molar-refractivity contribution in [2.75, 3.05) is 23.4 Å². The van der Waals surface area contributed by atoms with Gasteiger partial charge in [0.25, 0.3) is 5.69 Å². The number of rotatable bonds is 6. The first-order chi connectivity index (χ1) is 8.15. The molecule has 1 N–H and O–H groups in total. The molecule has 5 heteroatoms. The minimum Gasteiger partial charge on any atom is -0.384 e. The van der Waals surface area contributed by atoms with Crippen LogP contribution in [0.4, 0.5) is 11.4 Å². The maximum absolute atomic E-state index is 10.7. The zero-order valence-electron chi connectivity index (χ0n) is 9.60. The van der Waals surface area contributed by atoms with E-state index in [2.05, 4.69) is 11.2 Å². The number of terminal acetylenes is 1. The summed E-state index contributed by atoms with van der Waals surface area (Å²) in [5, 5.41) is 13.9. The van der Waals surface area contributed by atoms with Crippen LogP contribution < -0.4 is 5.32 Å². The molecule has 0 aliphatic heterocycles. The molecule has 90 valence electrons. The van der Waals surface area contributed by atoms with Gasteiger partial charge < -0.3 is 5.32 Å². The third kappa shape index (κ3) is 4.37. The average molecular weight is 250 g/mol. The first-order valence-electron chi connectivity index (χ1n) is 5.15. The van der Waals surface area contributed by atoms with Gasteiger partial charge in [0.1, 0.15) is 0 Å². The number of benzene rings is 1. The molecular formula is C12H14N2O2S. The molecular weight excluding hydrogens is 236 g/mol. The summed E-state index contributed by atoms with van der Waals surface area (Å²) in [6.07, 6.45) is 5.13. The Morgan fingerprint density at radius 3 is 3.00 bits per heavy atom. The van der Waals surface area contributed by atoms with E-state index in [0.717, 1.165) is 18.0 Å². The lowest BCUT2D eigenvalue weighted by Crippen LogP contribution is -2.05. The van der Waals surface area contributed by atoms with Crippen molar-refractivity contribution in [3.63, 3.8) is 0 Å². The average Bonchev–Trinajstić information content (AvgIpc) is 2.30. The fourth-order valence-corrected chi connectivity index (χ4v) is 1.82. The summed E-state index contributed by atoms with van der Waals surface area (Å²) in [5.74, 6) is 4.11. The summed E-state index contributed by atoms with van der Waals surface area (Å²) in [4.78, 5) is 10.4. The van der Waals surface area contributed by atoms with E-state index in [9.17, 15) is 10.1 Å². The number of thioether (sulfide) groups is 1. The van der Waals surface area contributed by atoms with E-state index >= 15 is 0 Å². The normalized spacial score (nSPS) is 9.65. The number of nitro benzene ring substituents is 1. The lowest BCUT2D eigenvalue weighted by atomic mass is 10.2. The molecule has 0 bridgehead atoms. The van der Waals surface area contributed by atoms with Gasteiger partial charge in [0.05, 0.1) is 10.7 Å². The quantitative estimate of drug-likeness (QED) is 0.365. The highest BCUT2D eigenvalue weighted by molar-refractivity contribution is 7.99. The lowest BCUT2D eigenvalue weighted by Gasteiger charge is -2.06. The topological polar surface area (TPSA) is 55.2 Å². The van der Waals surface area contributed by atoms with Gasteiger partial charge in [-0.2, -0.15) is 0 Å². The van der Waals surface area contributed by atoms with Crippen LogP contribution in [0.3, 0.4) is 0 Å². The van der Waals surface area contributed by atoms with Crippen molar-refractivity contribution in [3.05, 3.63) is 33.9 Å². The van der Waals surface area contributed by atoms with E-state index in [1.165, 1.54) is 0 Å². The molecule has 0 fully saturated rings. The Bertz CT molecular complexity index is 441. The van der Waals surface area contributed by atoms with Gasteiger partial charge >= 0.3 is 0 Å². The number of aryl methyl sites for hydroxylation is 1. The molecule has 0 saturated carbocycles. The van der Waals surface area contributed by atoms with Crippen LogP contribution in [0.25, 0.3) is 0 Å². The van der Waals surface area contributed by atoms with E-state index in [-0.39, 0.29) is 10.6 Å². The largest absolute Gasteiger partial charge is 0.384 e. The smallest absolute Gasteiger partial charge is 0.274 e. The number of hydrogen-bond acceptors (Lipinski definition) is 4. The minimum atomic E-state index is -0.367. The summed E-state index contributed by atoms with van der Waals surface area (Å²) in [6.45, 7) is 2.47. The fraction of sp³-hybridized carbons (Fsp3) is 0.333. The van der Waals surface area contributed by atoms with Gasteiger partial charge in [0.15, 0.2) is 0 Å². The van der Waals surface area contributed by atoms with Gasteiger partial charge in [-0.25, -0.2) is 0 Å². The second-order valence-electron chi connectivity index (χ2n) is 3.44. The second kappa shape index (κ2) is 6.81. The first kappa shape index (κ1) is 13.4. The fourth-order valence-electron chi connectivity index (χ4n) is 1.31. The molecule has 0 heterocycles. The minimum absolute atomic E-state index is 0.145. The second-order valence-corrected chi connectivity index (χ2v) is 4.55. The van der Waals surface area contributed by atoms with Crippen LogP contribution in [-0.4, -0.2) is 23.0 Å². The van der Waals surface area contributed by atoms with Gasteiger partial charge in [0.2, 0.25) is 0 Å². The summed E-state index contributed by atoms with van der Waals surface area (Å²) in [6, 6.07) is 5.14. The van der Waals surface area contributed by atoms with E-state index in [1.54, 1.807) is 30.8 Å². The number of nitrogens with zero attached hydrogens (tertiary/aromatic N) is 1. The SMILES string of the molecule is C#CCSCCNc1ccc(C)c([N+](=O)[O-])c1. The highest BCUT2D eigenvalue weighted by Crippen LogP contribution is 2.22. The van der Waals surface area contributed by atoms with Gasteiger partial charge in [-0.15, -0.1) is 18.2 Å². The van der Waals surface area contributed by atoms with Gasteiger partial charge in [-0.05, 0) is 13.0 Å². The van der Waals surface area contributed by atoms with Crippen molar-refractivity contribution in [1.29, 1.82) is 0 Å². The van der Waals surface area contributed by atoms with Crippen molar-refractivity contribution in [2.45, 2.75) is 6.92 Å². The van der Waals surface area contributed by atoms with Crippen molar-refractivity contribution in [3.8, 4) is 12.3 Å². The van der Waals surface area contributed by atoms with Crippen LogP contribution in [0, 0.1) is 29.4 Å². The van der Waals surface area contributed by atoms with Gasteiger partial charge in [-0.3, -0.25) is 10.1 Å². The number of anilines is 1. The number of hydrogen-bond donors (Lipinski definition) is 1. The molecule has 0 aromatic heterocycles. The molecule has 0 unspecified atom stereocenters. The van der Waals surface area contributed by atoms with Crippen LogP contribution in [-0.2, 0) is 0 Å². The molecule has 4 nitrogen and oxygen atoms in total. The summed E-state index contributed by atoms with van der Waals surface area (Å²) < 4.78 is 0. The van der Waals surface area contributed by atoms with Crippen LogP contribution >= 0.6 is 11.8 Å². The van der Waals surface area contributed by atoms with Crippen LogP contribution in [0.5, 0.6) is 0 Å². The highest BCUT2D eigenvalue weighted by atomic mass is 32.2. The van der Waals surface area contributed by atoms with Crippen molar-refractivity contribution >= 4 is 23.1 Å². The Labute approximate surface area is 105 Å². The third-order valence-electron chi connectivity index (χ3n) is 2.17. The Morgan fingerprint density at radius 2 is 2.35 bits per heavy atom. The van der Waals surface area contributed by atoms with Crippen molar-refractivity contribution in [2.24, 2.45) is 0 Å². The summed E-state index contributed by atoms with van der Waals surface area (Å²) in [5.41, 5.74) is 1.58. The van der Waals surface area contributed by atoms with Crippen LogP contribution in [0.15, 0.2) is 18.2 Å². The molecule has 0 saturated heterocycles. The molecule has 0 spiro atoms. The van der Waals surface area contributed by atoms with E-state index in [4.69, 9.17) is 6.42 Å². The first-order valence-corrected chi connectivity index (χ1v) is 6.30. The lowest BCUT2D eigenvalue weighted by molar-refractivity contribution is -0.385. The zero-order chi connectivity index (χ0) is 12.7.